The summed E-state index contributed by atoms with van der Waals surface area (Å²) in [5.41, 5.74) is 0.260. The van der Waals surface area contributed by atoms with Crippen LogP contribution in [-0.4, -0.2) is 34.0 Å². The Kier molecular flexibility index (Phi) is 3.76. The van der Waals surface area contributed by atoms with E-state index in [0.717, 1.165) is 19.6 Å². The molecule has 1 aliphatic heterocycles. The molecular weight excluding hydrogens is 234 g/mol. The van der Waals surface area contributed by atoms with Crippen LogP contribution in [0.5, 0.6) is 0 Å². The van der Waals surface area contributed by atoms with E-state index < -0.39 is 4.92 Å². The van der Waals surface area contributed by atoms with Gasteiger partial charge in [0, 0.05) is 24.7 Å². The largest absolute Gasteiger partial charge is 0.308 e. The molecule has 0 aliphatic carbocycles. The first-order valence-electron chi connectivity index (χ1n) is 6.16. The summed E-state index contributed by atoms with van der Waals surface area (Å²) >= 11 is 0. The number of hydrogen-bond donors (Lipinski definition) is 0. The zero-order valence-electron chi connectivity index (χ0n) is 10.5. The van der Waals surface area contributed by atoms with Crippen molar-refractivity contribution < 1.29 is 4.92 Å². The molecule has 0 unspecified atom stereocenters. The molecule has 1 aromatic rings. The van der Waals surface area contributed by atoms with E-state index in [9.17, 15) is 14.9 Å². The molecule has 1 aliphatic rings. The van der Waals surface area contributed by atoms with Crippen molar-refractivity contribution in [2.45, 2.75) is 26.3 Å². The highest BCUT2D eigenvalue weighted by atomic mass is 16.6. The molecule has 0 spiro atoms. The van der Waals surface area contributed by atoms with E-state index in [1.54, 1.807) is 6.92 Å². The first kappa shape index (κ1) is 12.8. The van der Waals surface area contributed by atoms with E-state index in [4.69, 9.17) is 0 Å². The van der Waals surface area contributed by atoms with Crippen LogP contribution in [0.25, 0.3) is 0 Å². The van der Waals surface area contributed by atoms with E-state index >= 15 is 0 Å². The number of aryl methyl sites for hydroxylation is 1. The maximum absolute atomic E-state index is 11.7. The zero-order valence-corrected chi connectivity index (χ0v) is 10.5. The predicted octanol–water partition coefficient (Wildman–Crippen LogP) is 1.16. The minimum absolute atomic E-state index is 0.0102. The SMILES string of the molecule is Cc1cc(=O)n(CCN2CCCC2)cc1[N+](=O)[O-]. The summed E-state index contributed by atoms with van der Waals surface area (Å²) in [7, 11) is 0. The summed E-state index contributed by atoms with van der Waals surface area (Å²) in [6.07, 6.45) is 3.75. The van der Waals surface area contributed by atoms with Crippen LogP contribution in [0.3, 0.4) is 0 Å². The van der Waals surface area contributed by atoms with Crippen LogP contribution in [-0.2, 0) is 6.54 Å². The molecule has 18 heavy (non-hydrogen) atoms. The molecule has 2 heterocycles. The fraction of sp³-hybridized carbons (Fsp3) is 0.583. The molecule has 0 radical (unpaired) electrons. The monoisotopic (exact) mass is 251 g/mol. The molecule has 6 nitrogen and oxygen atoms in total. The molecule has 2 rings (SSSR count). The molecule has 0 saturated carbocycles. The van der Waals surface area contributed by atoms with Crippen LogP contribution >= 0.6 is 0 Å². The molecule has 98 valence electrons. The fourth-order valence-corrected chi connectivity index (χ4v) is 2.28. The molecule has 1 saturated heterocycles. The van der Waals surface area contributed by atoms with E-state index in [2.05, 4.69) is 4.90 Å². The van der Waals surface area contributed by atoms with Gasteiger partial charge >= 0.3 is 0 Å². The van der Waals surface area contributed by atoms with Crippen LogP contribution in [0.1, 0.15) is 18.4 Å². The molecule has 1 fully saturated rings. The number of pyridine rings is 1. The molecule has 6 heteroatoms. The van der Waals surface area contributed by atoms with Gasteiger partial charge in [-0.25, -0.2) is 0 Å². The van der Waals surface area contributed by atoms with Gasteiger partial charge in [-0.15, -0.1) is 0 Å². The van der Waals surface area contributed by atoms with Crippen molar-refractivity contribution in [2.24, 2.45) is 0 Å². The minimum atomic E-state index is -0.443. The molecule has 0 aromatic carbocycles. The van der Waals surface area contributed by atoms with Crippen molar-refractivity contribution in [3.8, 4) is 0 Å². The van der Waals surface area contributed by atoms with Gasteiger partial charge in [-0.05, 0) is 32.9 Å². The Morgan fingerprint density at radius 2 is 2.00 bits per heavy atom. The molecule has 1 aromatic heterocycles. The first-order valence-corrected chi connectivity index (χ1v) is 6.16. The number of nitrogens with zero attached hydrogens (tertiary/aromatic N) is 3. The molecule has 0 N–H and O–H groups in total. The lowest BCUT2D eigenvalue weighted by Gasteiger charge is -2.15. The van der Waals surface area contributed by atoms with Crippen molar-refractivity contribution in [2.75, 3.05) is 19.6 Å². The Labute approximate surface area is 105 Å². The summed E-state index contributed by atoms with van der Waals surface area (Å²) < 4.78 is 1.43. The predicted molar refractivity (Wildman–Crippen MR) is 67.8 cm³/mol. The summed E-state index contributed by atoms with van der Waals surface area (Å²) in [6.45, 7) is 5.00. The molecular formula is C12H17N3O3. The average molecular weight is 251 g/mol. The maximum atomic E-state index is 11.7. The van der Waals surface area contributed by atoms with Crippen molar-refractivity contribution in [3.05, 3.63) is 38.3 Å². The van der Waals surface area contributed by atoms with Crippen molar-refractivity contribution >= 4 is 5.69 Å². The third kappa shape index (κ3) is 2.76. The summed E-state index contributed by atoms with van der Waals surface area (Å²) in [5, 5.41) is 10.8. The summed E-state index contributed by atoms with van der Waals surface area (Å²) in [5.74, 6) is 0. The number of nitro groups is 1. The van der Waals surface area contributed by atoms with Gasteiger partial charge in [0.1, 0.15) is 0 Å². The maximum Gasteiger partial charge on any atom is 0.288 e. The topological polar surface area (TPSA) is 68.4 Å². The van der Waals surface area contributed by atoms with E-state index in [-0.39, 0.29) is 11.2 Å². The van der Waals surface area contributed by atoms with E-state index in [1.807, 2.05) is 0 Å². The van der Waals surface area contributed by atoms with Crippen LogP contribution in [0.2, 0.25) is 0 Å². The van der Waals surface area contributed by atoms with Gasteiger partial charge in [0.05, 0.1) is 11.1 Å². The number of aromatic nitrogens is 1. The second-order valence-corrected chi connectivity index (χ2v) is 4.68. The van der Waals surface area contributed by atoms with Gasteiger partial charge in [-0.1, -0.05) is 0 Å². The first-order chi connectivity index (χ1) is 8.58. The third-order valence-electron chi connectivity index (χ3n) is 3.36. The van der Waals surface area contributed by atoms with Crippen LogP contribution in [0.4, 0.5) is 5.69 Å². The van der Waals surface area contributed by atoms with Crippen LogP contribution < -0.4 is 5.56 Å². The van der Waals surface area contributed by atoms with Gasteiger partial charge < -0.3 is 9.47 Å². The summed E-state index contributed by atoms with van der Waals surface area (Å²) in [6, 6.07) is 1.34. The van der Waals surface area contributed by atoms with E-state index in [1.165, 1.54) is 29.7 Å². The number of rotatable bonds is 4. The lowest BCUT2D eigenvalue weighted by Crippen LogP contribution is -2.29. The average Bonchev–Trinajstić information content (AvgIpc) is 2.80. The Hall–Kier alpha value is -1.69. The quantitative estimate of drug-likeness (QED) is 0.595. The minimum Gasteiger partial charge on any atom is -0.308 e. The Morgan fingerprint density at radius 1 is 1.33 bits per heavy atom. The normalized spacial score (nSPS) is 16.1. The number of likely N-dealkylation sites (tertiary alicyclic amines) is 1. The second kappa shape index (κ2) is 5.30. The van der Waals surface area contributed by atoms with Gasteiger partial charge in [-0.3, -0.25) is 14.9 Å². The van der Waals surface area contributed by atoms with Crippen molar-refractivity contribution in [1.29, 1.82) is 0 Å². The Balaban J connectivity index is 2.14. The smallest absolute Gasteiger partial charge is 0.288 e. The Morgan fingerprint density at radius 3 is 2.61 bits per heavy atom. The zero-order chi connectivity index (χ0) is 13.1. The number of hydrogen-bond acceptors (Lipinski definition) is 4. The fourth-order valence-electron chi connectivity index (χ4n) is 2.28. The lowest BCUT2D eigenvalue weighted by molar-refractivity contribution is -0.385. The highest BCUT2D eigenvalue weighted by Gasteiger charge is 2.15. The summed E-state index contributed by atoms with van der Waals surface area (Å²) in [4.78, 5) is 24.4. The second-order valence-electron chi connectivity index (χ2n) is 4.68. The van der Waals surface area contributed by atoms with Crippen LogP contribution in [0.15, 0.2) is 17.1 Å². The molecule has 0 bridgehead atoms. The van der Waals surface area contributed by atoms with Crippen LogP contribution in [0, 0.1) is 17.0 Å². The highest BCUT2D eigenvalue weighted by Crippen LogP contribution is 2.14. The lowest BCUT2D eigenvalue weighted by atomic mass is 10.2. The van der Waals surface area contributed by atoms with Gasteiger partial charge in [0.2, 0.25) is 0 Å². The van der Waals surface area contributed by atoms with Gasteiger partial charge in [-0.2, -0.15) is 0 Å². The molecule has 0 amide bonds. The van der Waals surface area contributed by atoms with Gasteiger partial charge in [0.25, 0.3) is 11.2 Å². The Bertz CT molecular complexity index is 504. The molecule has 0 atom stereocenters. The van der Waals surface area contributed by atoms with Crippen molar-refractivity contribution in [1.82, 2.24) is 9.47 Å². The highest BCUT2D eigenvalue weighted by molar-refractivity contribution is 5.35. The van der Waals surface area contributed by atoms with E-state index in [0.29, 0.717) is 12.1 Å². The van der Waals surface area contributed by atoms with Gasteiger partial charge in [0.15, 0.2) is 0 Å². The third-order valence-corrected chi connectivity index (χ3v) is 3.36. The standard InChI is InChI=1S/C12H17N3O3/c1-10-8-12(16)14(9-11(10)15(17)18)7-6-13-4-2-3-5-13/h8-9H,2-7H2,1H3. The van der Waals surface area contributed by atoms with Crippen molar-refractivity contribution in [3.63, 3.8) is 0 Å².